The molecule has 0 aromatic carbocycles. The predicted molar refractivity (Wildman–Crippen MR) is 63.5 cm³/mol. The second-order valence-corrected chi connectivity index (χ2v) is 4.28. The van der Waals surface area contributed by atoms with Gasteiger partial charge in [0.2, 0.25) is 0 Å². The highest BCUT2D eigenvalue weighted by Gasteiger charge is 2.01. The number of aliphatic hydroxyl groups is 1. The lowest BCUT2D eigenvalue weighted by atomic mass is 10.0. The highest BCUT2D eigenvalue weighted by Crippen LogP contribution is 2.11. The maximum Gasteiger partial charge on any atom is 0.0670 e. The number of nitrogens with zero attached hydrogens (tertiary/aromatic N) is 1. The molecule has 0 aromatic rings. The minimum Gasteiger partial charge on any atom is -0.392 e. The van der Waals surface area contributed by atoms with E-state index >= 15 is 0 Å². The Balaban J connectivity index is 3.02. The van der Waals surface area contributed by atoms with E-state index in [-0.39, 0.29) is 6.42 Å². The first kappa shape index (κ1) is 14.5. The van der Waals surface area contributed by atoms with Crippen LogP contribution >= 0.6 is 0 Å². The lowest BCUT2D eigenvalue weighted by Gasteiger charge is -2.05. The smallest absolute Gasteiger partial charge is 0.0670 e. The SMILES string of the molecule is CCCCCCCCCC[C@@H](O)CC#N. The summed E-state index contributed by atoms with van der Waals surface area (Å²) in [6.07, 6.45) is 11.0. The first-order valence-corrected chi connectivity index (χ1v) is 6.36. The molecule has 0 aromatic heterocycles. The van der Waals surface area contributed by atoms with Crippen LogP contribution in [0, 0.1) is 11.3 Å². The van der Waals surface area contributed by atoms with Crippen LogP contribution < -0.4 is 0 Å². The molecule has 0 amide bonds. The van der Waals surface area contributed by atoms with E-state index in [2.05, 4.69) is 6.92 Å². The van der Waals surface area contributed by atoms with Crippen LogP contribution in [0.3, 0.4) is 0 Å². The molecule has 0 heterocycles. The summed E-state index contributed by atoms with van der Waals surface area (Å²) < 4.78 is 0. The molecule has 2 nitrogen and oxygen atoms in total. The van der Waals surface area contributed by atoms with Crippen LogP contribution in [-0.4, -0.2) is 11.2 Å². The van der Waals surface area contributed by atoms with Crippen molar-refractivity contribution >= 4 is 0 Å². The van der Waals surface area contributed by atoms with E-state index in [4.69, 9.17) is 5.26 Å². The fourth-order valence-corrected chi connectivity index (χ4v) is 1.72. The Hall–Kier alpha value is -0.550. The number of hydrogen-bond donors (Lipinski definition) is 1. The predicted octanol–water partition coefficient (Wildman–Crippen LogP) is 3.79. The molecule has 0 bridgehead atoms. The maximum absolute atomic E-state index is 9.30. The molecule has 2 heteroatoms. The van der Waals surface area contributed by atoms with Gasteiger partial charge in [0.15, 0.2) is 0 Å². The van der Waals surface area contributed by atoms with Crippen LogP contribution in [0.2, 0.25) is 0 Å². The molecule has 1 N–H and O–H groups in total. The molecule has 0 aliphatic heterocycles. The van der Waals surface area contributed by atoms with Gasteiger partial charge in [0.25, 0.3) is 0 Å². The first-order chi connectivity index (χ1) is 7.31. The van der Waals surface area contributed by atoms with Gasteiger partial charge in [0.1, 0.15) is 0 Å². The van der Waals surface area contributed by atoms with Gasteiger partial charge >= 0.3 is 0 Å². The molecule has 0 saturated heterocycles. The Morgan fingerprint density at radius 3 is 2.07 bits per heavy atom. The van der Waals surface area contributed by atoms with Gasteiger partial charge < -0.3 is 5.11 Å². The van der Waals surface area contributed by atoms with Crippen LogP contribution in [0.25, 0.3) is 0 Å². The summed E-state index contributed by atoms with van der Waals surface area (Å²) in [6.45, 7) is 2.23. The average molecular weight is 211 g/mol. The zero-order chi connectivity index (χ0) is 11.4. The fourth-order valence-electron chi connectivity index (χ4n) is 1.72. The third-order valence-electron chi connectivity index (χ3n) is 2.72. The molecule has 0 unspecified atom stereocenters. The monoisotopic (exact) mass is 211 g/mol. The first-order valence-electron chi connectivity index (χ1n) is 6.36. The van der Waals surface area contributed by atoms with Crippen molar-refractivity contribution in [2.45, 2.75) is 77.2 Å². The molecule has 0 radical (unpaired) electrons. The lowest BCUT2D eigenvalue weighted by Crippen LogP contribution is -2.04. The van der Waals surface area contributed by atoms with E-state index in [1.54, 1.807) is 0 Å². The molecule has 0 spiro atoms. The third-order valence-corrected chi connectivity index (χ3v) is 2.72. The van der Waals surface area contributed by atoms with Crippen molar-refractivity contribution in [3.8, 4) is 6.07 Å². The van der Waals surface area contributed by atoms with Crippen molar-refractivity contribution in [1.82, 2.24) is 0 Å². The summed E-state index contributed by atoms with van der Waals surface area (Å²) in [5.74, 6) is 0. The summed E-state index contributed by atoms with van der Waals surface area (Å²) in [4.78, 5) is 0. The Labute approximate surface area is 94.3 Å². The van der Waals surface area contributed by atoms with Gasteiger partial charge in [-0.1, -0.05) is 58.3 Å². The summed E-state index contributed by atoms with van der Waals surface area (Å²) >= 11 is 0. The quantitative estimate of drug-likeness (QED) is 0.559. The van der Waals surface area contributed by atoms with Crippen LogP contribution in [-0.2, 0) is 0 Å². The lowest BCUT2D eigenvalue weighted by molar-refractivity contribution is 0.165. The number of unbranched alkanes of at least 4 members (excludes halogenated alkanes) is 7. The van der Waals surface area contributed by atoms with Crippen molar-refractivity contribution in [2.75, 3.05) is 0 Å². The van der Waals surface area contributed by atoms with E-state index < -0.39 is 6.10 Å². The number of aliphatic hydroxyl groups excluding tert-OH is 1. The molecular weight excluding hydrogens is 186 g/mol. The molecule has 0 aliphatic rings. The van der Waals surface area contributed by atoms with E-state index in [0.717, 1.165) is 12.8 Å². The minimum atomic E-state index is -0.393. The fraction of sp³-hybridized carbons (Fsp3) is 0.923. The van der Waals surface area contributed by atoms with Crippen LogP contribution in [0.5, 0.6) is 0 Å². The Morgan fingerprint density at radius 1 is 1.00 bits per heavy atom. The normalized spacial score (nSPS) is 12.3. The zero-order valence-corrected chi connectivity index (χ0v) is 10.0. The van der Waals surface area contributed by atoms with Gasteiger partial charge in [-0.2, -0.15) is 5.26 Å². The second kappa shape index (κ2) is 11.5. The summed E-state index contributed by atoms with van der Waals surface area (Å²) in [7, 11) is 0. The van der Waals surface area contributed by atoms with Gasteiger partial charge in [-0.3, -0.25) is 0 Å². The average Bonchev–Trinajstić information content (AvgIpc) is 2.22. The van der Waals surface area contributed by atoms with Crippen molar-refractivity contribution in [1.29, 1.82) is 5.26 Å². The molecule has 0 fully saturated rings. The minimum absolute atomic E-state index is 0.288. The van der Waals surface area contributed by atoms with E-state index in [9.17, 15) is 5.11 Å². The van der Waals surface area contributed by atoms with Gasteiger partial charge in [0.05, 0.1) is 18.6 Å². The maximum atomic E-state index is 9.30. The van der Waals surface area contributed by atoms with E-state index in [1.807, 2.05) is 6.07 Å². The topological polar surface area (TPSA) is 44.0 Å². The van der Waals surface area contributed by atoms with Crippen LogP contribution in [0.15, 0.2) is 0 Å². The Bertz CT molecular complexity index is 162. The van der Waals surface area contributed by atoms with Crippen molar-refractivity contribution in [3.05, 3.63) is 0 Å². The van der Waals surface area contributed by atoms with Crippen LogP contribution in [0.1, 0.15) is 71.1 Å². The molecule has 0 saturated carbocycles. The van der Waals surface area contributed by atoms with E-state index in [0.29, 0.717) is 0 Å². The molecule has 1 atom stereocenters. The summed E-state index contributed by atoms with van der Waals surface area (Å²) in [5, 5.41) is 17.6. The number of nitriles is 1. The van der Waals surface area contributed by atoms with Crippen molar-refractivity contribution in [2.24, 2.45) is 0 Å². The van der Waals surface area contributed by atoms with Crippen molar-refractivity contribution < 1.29 is 5.11 Å². The second-order valence-electron chi connectivity index (χ2n) is 4.28. The van der Waals surface area contributed by atoms with Gasteiger partial charge in [0, 0.05) is 0 Å². The van der Waals surface area contributed by atoms with Crippen molar-refractivity contribution in [3.63, 3.8) is 0 Å². The van der Waals surface area contributed by atoms with Gasteiger partial charge in [-0.15, -0.1) is 0 Å². The highest BCUT2D eigenvalue weighted by molar-refractivity contribution is 4.74. The largest absolute Gasteiger partial charge is 0.392 e. The molecule has 0 aliphatic carbocycles. The summed E-state index contributed by atoms with van der Waals surface area (Å²) in [6, 6.07) is 1.99. The molecule has 0 rings (SSSR count). The standard InChI is InChI=1S/C13H25NO/c1-2-3-4-5-6-7-8-9-10-13(15)11-12-14/h13,15H,2-11H2,1H3/t13-/m1/s1. The number of rotatable bonds is 10. The Kier molecular flexibility index (Phi) is 11.1. The van der Waals surface area contributed by atoms with E-state index in [1.165, 1.54) is 44.9 Å². The Morgan fingerprint density at radius 2 is 1.53 bits per heavy atom. The molecule has 88 valence electrons. The van der Waals surface area contributed by atoms with Gasteiger partial charge in [-0.25, -0.2) is 0 Å². The molecule has 15 heavy (non-hydrogen) atoms. The number of hydrogen-bond acceptors (Lipinski definition) is 2. The van der Waals surface area contributed by atoms with Crippen LogP contribution in [0.4, 0.5) is 0 Å². The third kappa shape index (κ3) is 11.4. The van der Waals surface area contributed by atoms with Gasteiger partial charge in [-0.05, 0) is 6.42 Å². The molecular formula is C13H25NO. The zero-order valence-electron chi connectivity index (χ0n) is 10.0. The summed E-state index contributed by atoms with van der Waals surface area (Å²) in [5.41, 5.74) is 0. The highest BCUT2D eigenvalue weighted by atomic mass is 16.3.